The summed E-state index contributed by atoms with van der Waals surface area (Å²) in [4.78, 5) is 7.34. The fourth-order valence-corrected chi connectivity index (χ4v) is 5.00. The van der Waals surface area contributed by atoms with Crippen LogP contribution in [0.5, 0.6) is 5.75 Å². The Labute approximate surface area is 214 Å². The highest BCUT2D eigenvalue weighted by Crippen LogP contribution is 2.32. The third-order valence-corrected chi connectivity index (χ3v) is 6.81. The van der Waals surface area contributed by atoms with E-state index in [0.29, 0.717) is 31.8 Å². The van der Waals surface area contributed by atoms with Crippen LogP contribution in [-0.2, 0) is 13.0 Å². The van der Waals surface area contributed by atoms with Crippen LogP contribution in [0.15, 0.2) is 36.4 Å². The zero-order valence-electron chi connectivity index (χ0n) is 21.5. The maximum Gasteiger partial charge on any atom is 0.147 e. The van der Waals surface area contributed by atoms with E-state index in [1.807, 2.05) is 11.0 Å². The Balaban J connectivity index is 0.000000176. The number of H-pyrrole nitrogens is 1. The van der Waals surface area contributed by atoms with Crippen LogP contribution in [-0.4, -0.2) is 66.0 Å². The molecule has 1 fully saturated rings. The summed E-state index contributed by atoms with van der Waals surface area (Å²) in [5.41, 5.74) is 1.56. The Hall–Kier alpha value is -2.65. The number of para-hydroxylation sites is 1. The van der Waals surface area contributed by atoms with Crippen LogP contribution in [0.25, 0.3) is 10.9 Å². The van der Waals surface area contributed by atoms with E-state index in [0.717, 1.165) is 48.8 Å². The summed E-state index contributed by atoms with van der Waals surface area (Å²) in [6.45, 7) is 8.52. The minimum atomic E-state index is -1.22. The lowest BCUT2D eigenvalue weighted by molar-refractivity contribution is 0.0667. The maximum atomic E-state index is 13.9. The Morgan fingerprint density at radius 3 is 2.43 bits per heavy atom. The summed E-state index contributed by atoms with van der Waals surface area (Å²) < 4.78 is 70.7. The van der Waals surface area contributed by atoms with Crippen molar-refractivity contribution in [1.29, 1.82) is 0 Å². The number of fused-ring (bicyclic) bond motifs is 3. The zero-order chi connectivity index (χ0) is 26.7. The van der Waals surface area contributed by atoms with Crippen LogP contribution < -0.4 is 4.74 Å². The van der Waals surface area contributed by atoms with Gasteiger partial charge >= 0.3 is 0 Å². The minimum absolute atomic E-state index is 0.140. The Morgan fingerprint density at radius 2 is 1.78 bits per heavy atom. The molecule has 0 aliphatic carbocycles. The van der Waals surface area contributed by atoms with Crippen LogP contribution in [0.3, 0.4) is 0 Å². The number of halogens is 5. The molecule has 1 atom stereocenters. The first-order valence-electron chi connectivity index (χ1n) is 12.6. The smallest absolute Gasteiger partial charge is 0.147 e. The number of likely N-dealkylation sites (tertiary alicyclic amines) is 1. The molecule has 37 heavy (non-hydrogen) atoms. The van der Waals surface area contributed by atoms with Crippen molar-refractivity contribution < 1.29 is 26.7 Å². The third-order valence-electron chi connectivity index (χ3n) is 6.81. The molecule has 3 aromatic rings. The molecule has 1 N–H and O–H groups in total. The standard InChI is InChI=1S/C16H20F2N2.C12H14F3NO/c1-10-7-12-11-5-4-6-13(17)15(11)19-14(12)8-20(10)9-16(2,3)18;13-6-9-7-16(8-9)1-2-17-12-4-10(14)3-11(15)5-12/h4-6,10,19H,7-9H2,1-3H3;3-5,9H,1-2,6-8H2/t10-;/m1./s1. The van der Waals surface area contributed by atoms with Gasteiger partial charge in [0, 0.05) is 74.0 Å². The van der Waals surface area contributed by atoms with Crippen molar-refractivity contribution in [3.8, 4) is 5.75 Å². The molecule has 0 amide bonds. The van der Waals surface area contributed by atoms with Gasteiger partial charge in [-0.2, -0.15) is 0 Å². The summed E-state index contributed by atoms with van der Waals surface area (Å²) in [6.07, 6.45) is 0.828. The van der Waals surface area contributed by atoms with Crippen molar-refractivity contribution in [3.05, 3.63) is 65.1 Å². The number of aromatic amines is 1. The van der Waals surface area contributed by atoms with E-state index < -0.39 is 17.3 Å². The average molecular weight is 524 g/mol. The van der Waals surface area contributed by atoms with Crippen molar-refractivity contribution in [1.82, 2.24) is 14.8 Å². The van der Waals surface area contributed by atoms with Gasteiger partial charge in [-0.05, 0) is 38.8 Å². The van der Waals surface area contributed by atoms with Crippen LogP contribution in [0, 0.1) is 23.4 Å². The Bertz CT molecular complexity index is 1180. The zero-order valence-corrected chi connectivity index (χ0v) is 21.5. The van der Waals surface area contributed by atoms with E-state index >= 15 is 0 Å². The first kappa shape index (κ1) is 27.4. The SMILES string of the molecule is C[C@@H]1Cc2c([nH]c3c(F)cccc23)CN1CC(C)(C)F.FCC1CN(CCOc2cc(F)cc(F)c2)C1. The monoisotopic (exact) mass is 523 g/mol. The lowest BCUT2D eigenvalue weighted by Gasteiger charge is -2.37. The van der Waals surface area contributed by atoms with Gasteiger partial charge in [-0.3, -0.25) is 14.2 Å². The van der Waals surface area contributed by atoms with Crippen molar-refractivity contribution in [2.75, 3.05) is 39.5 Å². The summed E-state index contributed by atoms with van der Waals surface area (Å²) in [5, 5.41) is 0.964. The summed E-state index contributed by atoms with van der Waals surface area (Å²) in [7, 11) is 0. The number of nitrogens with one attached hydrogen (secondary N) is 1. The highest BCUT2D eigenvalue weighted by Gasteiger charge is 2.30. The van der Waals surface area contributed by atoms with Gasteiger partial charge in [-0.25, -0.2) is 17.6 Å². The predicted molar refractivity (Wildman–Crippen MR) is 135 cm³/mol. The number of hydrogen-bond donors (Lipinski definition) is 1. The fourth-order valence-electron chi connectivity index (χ4n) is 5.00. The van der Waals surface area contributed by atoms with E-state index in [1.54, 1.807) is 19.9 Å². The van der Waals surface area contributed by atoms with E-state index in [1.165, 1.54) is 11.6 Å². The first-order valence-corrected chi connectivity index (χ1v) is 12.6. The first-order chi connectivity index (χ1) is 17.5. The molecular weight excluding hydrogens is 489 g/mol. The number of nitrogens with zero attached hydrogens (tertiary/aromatic N) is 2. The van der Waals surface area contributed by atoms with Gasteiger partial charge in [0.15, 0.2) is 0 Å². The van der Waals surface area contributed by atoms with E-state index in [-0.39, 0.29) is 30.2 Å². The maximum absolute atomic E-state index is 13.9. The highest BCUT2D eigenvalue weighted by atomic mass is 19.1. The molecule has 2 aromatic carbocycles. The molecule has 202 valence electrons. The molecule has 1 aromatic heterocycles. The Kier molecular flexibility index (Phi) is 8.43. The van der Waals surface area contributed by atoms with Crippen LogP contribution >= 0.6 is 0 Å². The minimum Gasteiger partial charge on any atom is -0.492 e. The molecule has 1 saturated heterocycles. The van der Waals surface area contributed by atoms with Gasteiger partial charge in [-0.1, -0.05) is 12.1 Å². The normalized spacial score (nSPS) is 18.8. The number of rotatable bonds is 7. The van der Waals surface area contributed by atoms with E-state index in [2.05, 4.69) is 16.8 Å². The molecular formula is C28H34F5N3O. The molecule has 3 heterocycles. The molecule has 4 nitrogen and oxygen atoms in total. The van der Waals surface area contributed by atoms with Crippen LogP contribution in [0.2, 0.25) is 0 Å². The largest absolute Gasteiger partial charge is 0.492 e. The average Bonchev–Trinajstić information content (AvgIpc) is 3.13. The van der Waals surface area contributed by atoms with Crippen molar-refractivity contribution in [2.24, 2.45) is 5.92 Å². The molecule has 0 unspecified atom stereocenters. The van der Waals surface area contributed by atoms with Crippen molar-refractivity contribution in [3.63, 3.8) is 0 Å². The number of alkyl halides is 2. The number of benzene rings is 2. The molecule has 0 bridgehead atoms. The topological polar surface area (TPSA) is 31.5 Å². The third kappa shape index (κ3) is 7.02. The van der Waals surface area contributed by atoms with Crippen LogP contribution in [0.1, 0.15) is 32.0 Å². The second-order valence-corrected chi connectivity index (χ2v) is 10.7. The molecule has 5 rings (SSSR count). The summed E-state index contributed by atoms with van der Waals surface area (Å²) in [6, 6.07) is 8.51. The number of hydrogen-bond acceptors (Lipinski definition) is 3. The molecule has 9 heteroatoms. The van der Waals surface area contributed by atoms with Crippen molar-refractivity contribution >= 4 is 10.9 Å². The molecule has 2 aliphatic heterocycles. The summed E-state index contributed by atoms with van der Waals surface area (Å²) >= 11 is 0. The van der Waals surface area contributed by atoms with Gasteiger partial charge in [0.2, 0.25) is 0 Å². The molecule has 0 radical (unpaired) electrons. The molecule has 2 aliphatic rings. The number of aromatic nitrogens is 1. The van der Waals surface area contributed by atoms with E-state index in [9.17, 15) is 22.0 Å². The van der Waals surface area contributed by atoms with Gasteiger partial charge < -0.3 is 9.72 Å². The molecule has 0 spiro atoms. The fraction of sp³-hybridized carbons (Fsp3) is 0.500. The van der Waals surface area contributed by atoms with Crippen LogP contribution in [0.4, 0.5) is 22.0 Å². The Morgan fingerprint density at radius 1 is 1.08 bits per heavy atom. The number of ether oxygens (including phenoxy) is 1. The quantitative estimate of drug-likeness (QED) is 0.383. The lowest BCUT2D eigenvalue weighted by atomic mass is 9.96. The van der Waals surface area contributed by atoms with Gasteiger partial charge in [0.25, 0.3) is 0 Å². The van der Waals surface area contributed by atoms with Gasteiger partial charge in [-0.15, -0.1) is 0 Å². The highest BCUT2D eigenvalue weighted by molar-refractivity contribution is 5.85. The van der Waals surface area contributed by atoms with Gasteiger partial charge in [0.05, 0.1) is 12.2 Å². The van der Waals surface area contributed by atoms with E-state index in [4.69, 9.17) is 4.74 Å². The predicted octanol–water partition coefficient (Wildman–Crippen LogP) is 6.05. The molecule has 0 saturated carbocycles. The lowest BCUT2D eigenvalue weighted by Crippen LogP contribution is -2.49. The second-order valence-electron chi connectivity index (χ2n) is 10.7. The van der Waals surface area contributed by atoms with Gasteiger partial charge in [0.1, 0.15) is 35.5 Å². The van der Waals surface area contributed by atoms with Crippen molar-refractivity contribution in [2.45, 2.75) is 45.4 Å². The second kappa shape index (κ2) is 11.4. The summed E-state index contributed by atoms with van der Waals surface area (Å²) in [5.74, 6) is -1.20.